The molecule has 0 fully saturated rings. The van der Waals surface area contributed by atoms with Crippen molar-refractivity contribution in [1.29, 1.82) is 0 Å². The van der Waals surface area contributed by atoms with Gasteiger partial charge in [0, 0.05) is 22.4 Å². The average molecular weight is 460 g/mol. The van der Waals surface area contributed by atoms with Crippen LogP contribution in [0.25, 0.3) is 0 Å². The zero-order valence-electron chi connectivity index (χ0n) is 16.9. The van der Waals surface area contributed by atoms with Crippen LogP contribution in [-0.4, -0.2) is 34.7 Å². The monoisotopic (exact) mass is 459 g/mol. The Bertz CT molecular complexity index is 1110. The Morgan fingerprint density at radius 3 is 2.28 bits per heavy atom. The third-order valence-corrected chi connectivity index (χ3v) is 8.41. The van der Waals surface area contributed by atoms with E-state index in [4.69, 9.17) is 0 Å². The molecule has 0 aliphatic rings. The first-order valence-corrected chi connectivity index (χ1v) is 12.8. The highest BCUT2D eigenvalue weighted by Gasteiger charge is 2.24. The molecule has 0 bridgehead atoms. The number of sulfonamides is 1. The number of rotatable bonds is 6. The van der Waals surface area contributed by atoms with E-state index < -0.39 is 31.4 Å². The Kier molecular flexibility index (Phi) is 6.78. The summed E-state index contributed by atoms with van der Waals surface area (Å²) in [7, 11) is -7.03. The van der Waals surface area contributed by atoms with Gasteiger partial charge < -0.3 is 10.6 Å². The van der Waals surface area contributed by atoms with E-state index >= 15 is 0 Å². The first-order valence-electron chi connectivity index (χ1n) is 8.66. The minimum Gasteiger partial charge on any atom is -0.333 e. The van der Waals surface area contributed by atoms with E-state index in [9.17, 15) is 21.6 Å². The maximum absolute atomic E-state index is 12.6. The minimum atomic E-state index is -3.75. The fourth-order valence-electron chi connectivity index (χ4n) is 2.42. The lowest BCUT2D eigenvalue weighted by molar-refractivity contribution is 0.252. The van der Waals surface area contributed by atoms with Crippen molar-refractivity contribution < 1.29 is 21.6 Å². The van der Waals surface area contributed by atoms with Crippen molar-refractivity contribution in [1.82, 2.24) is 10.0 Å². The largest absolute Gasteiger partial charge is 0.333 e. The number of sulfone groups is 1. The van der Waals surface area contributed by atoms with E-state index in [-0.39, 0.29) is 15.6 Å². The maximum atomic E-state index is 12.6. The highest BCUT2D eigenvalue weighted by Crippen LogP contribution is 2.23. The Morgan fingerprint density at radius 1 is 1.07 bits per heavy atom. The lowest BCUT2D eigenvalue weighted by atomic mass is 10.1. The summed E-state index contributed by atoms with van der Waals surface area (Å²) in [5.74, 6) is 0. The van der Waals surface area contributed by atoms with Gasteiger partial charge in [0.05, 0.1) is 11.4 Å². The van der Waals surface area contributed by atoms with Gasteiger partial charge in [-0.05, 0) is 57.5 Å². The van der Waals surface area contributed by atoms with Crippen molar-refractivity contribution >= 4 is 42.9 Å². The fourth-order valence-corrected chi connectivity index (χ4v) is 6.03. The topological polar surface area (TPSA) is 121 Å². The number of hydrogen-bond donors (Lipinski definition) is 3. The number of anilines is 1. The number of carbonyl (C=O) groups is 1. The highest BCUT2D eigenvalue weighted by atomic mass is 32.2. The van der Waals surface area contributed by atoms with Crippen LogP contribution in [0.1, 0.15) is 31.2 Å². The third kappa shape index (κ3) is 6.81. The van der Waals surface area contributed by atoms with Crippen LogP contribution in [0.2, 0.25) is 0 Å². The van der Waals surface area contributed by atoms with Gasteiger partial charge in [-0.25, -0.2) is 26.4 Å². The molecule has 0 unspecified atom stereocenters. The summed E-state index contributed by atoms with van der Waals surface area (Å²) in [4.78, 5) is 12.9. The summed E-state index contributed by atoms with van der Waals surface area (Å²) in [5.41, 5.74) is 0.238. The third-order valence-electron chi connectivity index (χ3n) is 3.60. The molecule has 0 aliphatic heterocycles. The second-order valence-electron chi connectivity index (χ2n) is 7.64. The maximum Gasteiger partial charge on any atom is 0.319 e. The predicted molar refractivity (Wildman–Crippen MR) is 115 cm³/mol. The normalized spacial score (nSPS) is 12.6. The Balaban J connectivity index is 2.08. The number of carbonyl (C=O) groups excluding carboxylic acids is 1. The van der Waals surface area contributed by atoms with Crippen LogP contribution >= 0.6 is 11.3 Å². The van der Waals surface area contributed by atoms with E-state index in [1.165, 1.54) is 12.1 Å². The van der Waals surface area contributed by atoms with Crippen LogP contribution in [0.3, 0.4) is 0 Å². The van der Waals surface area contributed by atoms with Gasteiger partial charge in [-0.3, -0.25) is 0 Å². The van der Waals surface area contributed by atoms with Gasteiger partial charge in [0.2, 0.25) is 10.0 Å². The number of amides is 2. The van der Waals surface area contributed by atoms with Crippen molar-refractivity contribution in [2.75, 3.05) is 11.6 Å². The van der Waals surface area contributed by atoms with Gasteiger partial charge in [-0.2, -0.15) is 0 Å². The summed E-state index contributed by atoms with van der Waals surface area (Å²) in [6, 6.07) is 7.22. The molecule has 11 heteroatoms. The molecule has 0 saturated carbocycles. The SMILES string of the molecule is Cc1ccc(NC(=O)NCc2ccc(S(C)(=O)=O)s2)cc1S(=O)(=O)NC(C)(C)C. The molecule has 0 saturated heterocycles. The molecule has 2 amide bonds. The van der Waals surface area contributed by atoms with Gasteiger partial charge in [0.1, 0.15) is 4.21 Å². The lowest BCUT2D eigenvalue weighted by Gasteiger charge is -2.21. The van der Waals surface area contributed by atoms with E-state index in [1.807, 2.05) is 0 Å². The van der Waals surface area contributed by atoms with Crippen LogP contribution in [0, 0.1) is 6.92 Å². The van der Waals surface area contributed by atoms with Crippen LogP contribution in [0.15, 0.2) is 39.4 Å². The molecule has 1 heterocycles. The Hall–Kier alpha value is -1.95. The molecular formula is C18H25N3O5S3. The molecule has 2 rings (SSSR count). The summed E-state index contributed by atoms with van der Waals surface area (Å²) >= 11 is 1.08. The number of nitrogens with one attached hydrogen (secondary N) is 3. The van der Waals surface area contributed by atoms with Gasteiger partial charge in [0.25, 0.3) is 0 Å². The van der Waals surface area contributed by atoms with E-state index in [1.54, 1.807) is 45.9 Å². The van der Waals surface area contributed by atoms with Crippen LogP contribution in [0.5, 0.6) is 0 Å². The van der Waals surface area contributed by atoms with Gasteiger partial charge >= 0.3 is 6.03 Å². The summed E-state index contributed by atoms with van der Waals surface area (Å²) in [6.07, 6.45) is 1.13. The summed E-state index contributed by atoms with van der Waals surface area (Å²) in [6.45, 7) is 7.06. The molecule has 3 N–H and O–H groups in total. The van der Waals surface area contributed by atoms with Crippen molar-refractivity contribution in [2.24, 2.45) is 0 Å². The van der Waals surface area contributed by atoms with E-state index in [0.29, 0.717) is 16.1 Å². The molecule has 0 radical (unpaired) electrons. The highest BCUT2D eigenvalue weighted by molar-refractivity contribution is 7.92. The second-order valence-corrected chi connectivity index (χ2v) is 12.7. The van der Waals surface area contributed by atoms with Crippen molar-refractivity contribution in [3.8, 4) is 0 Å². The number of urea groups is 1. The van der Waals surface area contributed by atoms with Crippen molar-refractivity contribution in [3.05, 3.63) is 40.8 Å². The number of benzene rings is 1. The van der Waals surface area contributed by atoms with Gasteiger partial charge in [0.15, 0.2) is 9.84 Å². The van der Waals surface area contributed by atoms with E-state index in [2.05, 4.69) is 15.4 Å². The summed E-state index contributed by atoms with van der Waals surface area (Å²) in [5, 5.41) is 5.22. The molecule has 1 aromatic carbocycles. The number of aryl methyl sites for hydroxylation is 1. The minimum absolute atomic E-state index is 0.0845. The molecule has 0 spiro atoms. The molecule has 2 aromatic rings. The zero-order chi connectivity index (χ0) is 22.0. The average Bonchev–Trinajstić information content (AvgIpc) is 3.01. The van der Waals surface area contributed by atoms with Crippen LogP contribution in [0.4, 0.5) is 10.5 Å². The van der Waals surface area contributed by atoms with Crippen molar-refractivity contribution in [3.63, 3.8) is 0 Å². The first kappa shape index (κ1) is 23.3. The first-order chi connectivity index (χ1) is 13.2. The smallest absolute Gasteiger partial charge is 0.319 e. The lowest BCUT2D eigenvalue weighted by Crippen LogP contribution is -2.40. The second kappa shape index (κ2) is 8.42. The zero-order valence-corrected chi connectivity index (χ0v) is 19.3. The molecule has 1 aromatic heterocycles. The van der Waals surface area contributed by atoms with Crippen molar-refractivity contribution in [2.45, 2.75) is 48.9 Å². The fraction of sp³-hybridized carbons (Fsp3) is 0.389. The van der Waals surface area contributed by atoms with Gasteiger partial charge in [-0.1, -0.05) is 6.07 Å². The molecule has 0 atom stereocenters. The summed E-state index contributed by atoms with van der Waals surface area (Å²) < 4.78 is 51.1. The number of thiophene rings is 1. The number of hydrogen-bond acceptors (Lipinski definition) is 6. The molecule has 0 aliphatic carbocycles. The quantitative estimate of drug-likeness (QED) is 0.613. The van der Waals surface area contributed by atoms with Gasteiger partial charge in [-0.15, -0.1) is 11.3 Å². The predicted octanol–water partition coefficient (Wildman–Crippen LogP) is 2.86. The molecule has 8 nitrogen and oxygen atoms in total. The van der Waals surface area contributed by atoms with Crippen LogP contribution < -0.4 is 15.4 Å². The van der Waals surface area contributed by atoms with E-state index in [0.717, 1.165) is 17.6 Å². The molecular weight excluding hydrogens is 434 g/mol. The molecule has 160 valence electrons. The molecule has 29 heavy (non-hydrogen) atoms. The van der Waals surface area contributed by atoms with Crippen LogP contribution in [-0.2, 0) is 26.4 Å². The Morgan fingerprint density at radius 2 is 1.72 bits per heavy atom. The Labute approximate surface area is 175 Å². The standard InChI is InChI=1S/C18H25N3O5S3/c1-12-6-7-13(10-15(12)29(25,26)21-18(2,3)4)20-17(22)19-11-14-8-9-16(27-14)28(5,23)24/h6-10,21H,11H2,1-5H3,(H2,19,20,22).